The first-order chi connectivity index (χ1) is 7.95. The lowest BCUT2D eigenvalue weighted by Gasteiger charge is -2.23. The molecule has 0 aromatic carbocycles. The number of nitrogens with one attached hydrogen (secondary N) is 1. The highest BCUT2D eigenvalue weighted by molar-refractivity contribution is 5.78. The van der Waals surface area contributed by atoms with Crippen LogP contribution in [0.4, 0.5) is 0 Å². The summed E-state index contributed by atoms with van der Waals surface area (Å²) < 4.78 is 6.29. The first kappa shape index (κ1) is 13.7. The summed E-state index contributed by atoms with van der Waals surface area (Å²) in [5, 5.41) is 16.9. The molecule has 17 heavy (non-hydrogen) atoms. The Morgan fingerprint density at radius 1 is 1.71 bits per heavy atom. The number of methoxy groups -OCH3 is 1. The summed E-state index contributed by atoms with van der Waals surface area (Å²) in [6.07, 6.45) is 3.56. The van der Waals surface area contributed by atoms with Gasteiger partial charge in [0.25, 0.3) is 0 Å². The van der Waals surface area contributed by atoms with Crippen LogP contribution in [-0.2, 0) is 16.1 Å². The van der Waals surface area contributed by atoms with Crippen LogP contribution in [0.2, 0.25) is 0 Å². The number of aliphatic hydroxyl groups is 1. The van der Waals surface area contributed by atoms with Crippen LogP contribution in [0.15, 0.2) is 18.5 Å². The van der Waals surface area contributed by atoms with Crippen molar-refractivity contribution in [1.82, 2.24) is 15.1 Å². The molecule has 96 valence electrons. The van der Waals surface area contributed by atoms with Gasteiger partial charge in [-0.1, -0.05) is 0 Å². The fourth-order valence-electron chi connectivity index (χ4n) is 1.42. The molecule has 2 N–H and O–H groups in total. The van der Waals surface area contributed by atoms with Crippen LogP contribution in [0.1, 0.15) is 13.8 Å². The zero-order chi connectivity index (χ0) is 12.9. The predicted octanol–water partition coefficient (Wildman–Crippen LogP) is -0.215. The third-order valence-electron chi connectivity index (χ3n) is 2.44. The van der Waals surface area contributed by atoms with Gasteiger partial charge in [-0.2, -0.15) is 5.10 Å². The molecule has 1 aromatic heterocycles. The topological polar surface area (TPSA) is 76.4 Å². The molecular weight excluding hydrogens is 222 g/mol. The summed E-state index contributed by atoms with van der Waals surface area (Å²) in [5.74, 6) is -0.642. The molecule has 1 rings (SSSR count). The van der Waals surface area contributed by atoms with Crippen molar-refractivity contribution in [3.8, 4) is 0 Å². The monoisotopic (exact) mass is 241 g/mol. The Labute approximate surface area is 101 Å². The average Bonchev–Trinajstić information content (AvgIpc) is 2.78. The standard InChI is InChI=1S/C11H19N3O3/c1-9(7-14-6-4-5-13-14)12-8-11(2,16)10(15)17-3/h4-6,9,12,16H,7-8H2,1-3H3. The van der Waals surface area contributed by atoms with Crippen LogP contribution in [0.25, 0.3) is 0 Å². The van der Waals surface area contributed by atoms with Gasteiger partial charge < -0.3 is 15.2 Å². The molecule has 6 heteroatoms. The highest BCUT2D eigenvalue weighted by atomic mass is 16.5. The van der Waals surface area contributed by atoms with E-state index in [-0.39, 0.29) is 12.6 Å². The maximum absolute atomic E-state index is 11.2. The molecule has 0 bridgehead atoms. The fraction of sp³-hybridized carbons (Fsp3) is 0.636. The van der Waals surface area contributed by atoms with E-state index in [1.165, 1.54) is 14.0 Å². The van der Waals surface area contributed by atoms with E-state index in [1.54, 1.807) is 10.9 Å². The Morgan fingerprint density at radius 3 is 2.94 bits per heavy atom. The van der Waals surface area contributed by atoms with Gasteiger partial charge in [-0.15, -0.1) is 0 Å². The van der Waals surface area contributed by atoms with Crippen LogP contribution in [0.3, 0.4) is 0 Å². The summed E-state index contributed by atoms with van der Waals surface area (Å²) in [4.78, 5) is 11.2. The van der Waals surface area contributed by atoms with Crippen molar-refractivity contribution in [1.29, 1.82) is 0 Å². The van der Waals surface area contributed by atoms with Gasteiger partial charge in [-0.05, 0) is 19.9 Å². The first-order valence-electron chi connectivity index (χ1n) is 5.47. The van der Waals surface area contributed by atoms with Gasteiger partial charge in [-0.3, -0.25) is 4.68 Å². The van der Waals surface area contributed by atoms with Crippen LogP contribution in [-0.4, -0.2) is 46.2 Å². The lowest BCUT2D eigenvalue weighted by molar-refractivity contribution is -0.160. The quantitative estimate of drug-likeness (QED) is 0.674. The van der Waals surface area contributed by atoms with Crippen molar-refractivity contribution in [3.63, 3.8) is 0 Å². The van der Waals surface area contributed by atoms with Gasteiger partial charge in [0.15, 0.2) is 5.60 Å². The Balaban J connectivity index is 2.37. The number of esters is 1. The minimum Gasteiger partial charge on any atom is -0.467 e. The van der Waals surface area contributed by atoms with Crippen molar-refractivity contribution in [2.75, 3.05) is 13.7 Å². The summed E-state index contributed by atoms with van der Waals surface area (Å²) in [5.41, 5.74) is -1.51. The van der Waals surface area contributed by atoms with Gasteiger partial charge >= 0.3 is 5.97 Å². The van der Waals surface area contributed by atoms with E-state index in [2.05, 4.69) is 15.2 Å². The average molecular weight is 241 g/mol. The molecule has 1 heterocycles. The molecule has 0 aliphatic carbocycles. The maximum atomic E-state index is 11.2. The SMILES string of the molecule is COC(=O)C(C)(O)CNC(C)Cn1cccn1. The molecule has 0 saturated heterocycles. The Morgan fingerprint density at radius 2 is 2.41 bits per heavy atom. The van der Waals surface area contributed by atoms with Crippen LogP contribution >= 0.6 is 0 Å². The minimum absolute atomic E-state index is 0.0889. The first-order valence-corrected chi connectivity index (χ1v) is 5.47. The maximum Gasteiger partial charge on any atom is 0.338 e. The number of ether oxygens (including phenoxy) is 1. The Kier molecular flexibility index (Phi) is 4.65. The van der Waals surface area contributed by atoms with Gasteiger partial charge in [0, 0.05) is 25.0 Å². The number of rotatable bonds is 6. The van der Waals surface area contributed by atoms with Crippen molar-refractivity contribution in [3.05, 3.63) is 18.5 Å². The number of carbonyl (C=O) groups is 1. The van der Waals surface area contributed by atoms with E-state index in [1.807, 2.05) is 19.2 Å². The molecule has 0 aliphatic heterocycles. The second-order valence-corrected chi connectivity index (χ2v) is 4.28. The largest absolute Gasteiger partial charge is 0.467 e. The van der Waals surface area contributed by atoms with E-state index in [9.17, 15) is 9.90 Å². The lowest BCUT2D eigenvalue weighted by Crippen LogP contribution is -2.48. The lowest BCUT2D eigenvalue weighted by atomic mass is 10.1. The number of hydrogen-bond donors (Lipinski definition) is 2. The third kappa shape index (κ3) is 4.16. The molecule has 1 aromatic rings. The molecule has 2 atom stereocenters. The number of nitrogens with zero attached hydrogens (tertiary/aromatic N) is 2. The van der Waals surface area contributed by atoms with Crippen LogP contribution in [0.5, 0.6) is 0 Å². The molecule has 0 spiro atoms. The number of hydrogen-bond acceptors (Lipinski definition) is 5. The van der Waals surface area contributed by atoms with Crippen molar-refractivity contribution in [2.24, 2.45) is 0 Å². The molecule has 2 unspecified atom stereocenters. The van der Waals surface area contributed by atoms with Crippen molar-refractivity contribution in [2.45, 2.75) is 32.0 Å². The molecule has 6 nitrogen and oxygen atoms in total. The smallest absolute Gasteiger partial charge is 0.338 e. The highest BCUT2D eigenvalue weighted by Gasteiger charge is 2.31. The molecule has 0 saturated carbocycles. The minimum atomic E-state index is -1.51. The van der Waals surface area contributed by atoms with Crippen molar-refractivity contribution < 1.29 is 14.6 Å². The Hall–Kier alpha value is -1.40. The zero-order valence-corrected chi connectivity index (χ0v) is 10.4. The second kappa shape index (κ2) is 5.79. The van der Waals surface area contributed by atoms with Gasteiger partial charge in [0.1, 0.15) is 0 Å². The highest BCUT2D eigenvalue weighted by Crippen LogP contribution is 2.04. The second-order valence-electron chi connectivity index (χ2n) is 4.28. The normalized spacial score (nSPS) is 16.2. The third-order valence-corrected chi connectivity index (χ3v) is 2.44. The van der Waals surface area contributed by atoms with E-state index in [4.69, 9.17) is 0 Å². The molecule has 0 amide bonds. The Bertz CT molecular complexity index is 349. The molecule has 0 aliphatic rings. The van der Waals surface area contributed by atoms with Gasteiger partial charge in [-0.25, -0.2) is 4.79 Å². The summed E-state index contributed by atoms with van der Waals surface area (Å²) in [6.45, 7) is 4.19. The zero-order valence-electron chi connectivity index (χ0n) is 10.4. The van der Waals surface area contributed by atoms with E-state index >= 15 is 0 Å². The van der Waals surface area contributed by atoms with E-state index < -0.39 is 11.6 Å². The van der Waals surface area contributed by atoms with Crippen molar-refractivity contribution >= 4 is 5.97 Å². The fourth-order valence-corrected chi connectivity index (χ4v) is 1.42. The van der Waals surface area contributed by atoms with Crippen LogP contribution < -0.4 is 5.32 Å². The summed E-state index contributed by atoms with van der Waals surface area (Å²) >= 11 is 0. The van der Waals surface area contributed by atoms with Gasteiger partial charge in [0.2, 0.25) is 0 Å². The van der Waals surface area contributed by atoms with E-state index in [0.29, 0.717) is 6.54 Å². The summed E-state index contributed by atoms with van der Waals surface area (Å²) in [6, 6.07) is 1.93. The summed E-state index contributed by atoms with van der Waals surface area (Å²) in [7, 11) is 1.25. The molecule has 0 radical (unpaired) electrons. The van der Waals surface area contributed by atoms with Crippen LogP contribution in [0, 0.1) is 0 Å². The van der Waals surface area contributed by atoms with E-state index in [0.717, 1.165) is 0 Å². The van der Waals surface area contributed by atoms with Gasteiger partial charge in [0.05, 0.1) is 13.7 Å². The predicted molar refractivity (Wildman–Crippen MR) is 62.3 cm³/mol. The number of carbonyl (C=O) groups excluding carboxylic acids is 1. The molecular formula is C11H19N3O3. The number of aromatic nitrogens is 2. The molecule has 0 fully saturated rings.